The molecule has 0 spiro atoms. The van der Waals surface area contributed by atoms with E-state index in [1.807, 2.05) is 0 Å². The largest absolute Gasteiger partial charge is 0.447 e. The van der Waals surface area contributed by atoms with E-state index in [2.05, 4.69) is 6.58 Å². The molecule has 100 valence electrons. The first-order chi connectivity index (χ1) is 8.93. The molecule has 0 radical (unpaired) electrons. The number of hydrogen-bond acceptors (Lipinski definition) is 5. The number of hydrogen-bond donors (Lipinski definition) is 0. The number of carbonyl (C=O) groups is 3. The summed E-state index contributed by atoms with van der Waals surface area (Å²) in [4.78, 5) is 33.3. The average molecular weight is 262 g/mol. The van der Waals surface area contributed by atoms with Crippen molar-refractivity contribution in [2.45, 2.75) is 20.0 Å². The highest BCUT2D eigenvalue weighted by Crippen LogP contribution is 2.12. The summed E-state index contributed by atoms with van der Waals surface area (Å²) in [5.74, 6) is -1.08. The van der Waals surface area contributed by atoms with Crippen LogP contribution in [0.2, 0.25) is 0 Å². The molecule has 1 unspecified atom stereocenters. The molecule has 0 aliphatic carbocycles. The molecule has 0 saturated heterocycles. The molecule has 0 N–H and O–H groups in total. The quantitative estimate of drug-likeness (QED) is 0.351. The van der Waals surface area contributed by atoms with Crippen LogP contribution in [0.5, 0.6) is 5.75 Å². The lowest BCUT2D eigenvalue weighted by molar-refractivity contribution is -0.158. The Morgan fingerprint density at radius 3 is 2.32 bits per heavy atom. The maximum atomic E-state index is 11.6. The van der Waals surface area contributed by atoms with Crippen LogP contribution >= 0.6 is 0 Å². The van der Waals surface area contributed by atoms with Gasteiger partial charge in [-0.05, 0) is 38.1 Å². The summed E-state index contributed by atoms with van der Waals surface area (Å²) in [6.07, 6.45) is -0.349. The minimum Gasteiger partial charge on any atom is -0.447 e. The molecular weight excluding hydrogens is 248 g/mol. The van der Waals surface area contributed by atoms with Crippen molar-refractivity contribution < 1.29 is 23.9 Å². The summed E-state index contributed by atoms with van der Waals surface area (Å²) >= 11 is 0. The number of ether oxygens (including phenoxy) is 2. The van der Waals surface area contributed by atoms with Gasteiger partial charge in [-0.3, -0.25) is 4.79 Å². The zero-order valence-corrected chi connectivity index (χ0v) is 10.7. The van der Waals surface area contributed by atoms with Crippen molar-refractivity contribution in [2.75, 3.05) is 0 Å². The average Bonchev–Trinajstić information content (AvgIpc) is 2.39. The first-order valence-corrected chi connectivity index (χ1v) is 5.57. The molecule has 0 heterocycles. The Bertz CT molecular complexity index is 501. The molecule has 19 heavy (non-hydrogen) atoms. The van der Waals surface area contributed by atoms with Crippen molar-refractivity contribution in [2.24, 2.45) is 0 Å². The fraction of sp³-hybridized carbons (Fsp3) is 0.214. The smallest absolute Gasteiger partial charge is 0.352 e. The lowest BCUT2D eigenvalue weighted by Gasteiger charge is -2.12. The van der Waals surface area contributed by atoms with Gasteiger partial charge in [0.15, 0.2) is 6.10 Å². The van der Waals surface area contributed by atoms with Crippen LogP contribution in [0.3, 0.4) is 0 Å². The maximum absolute atomic E-state index is 11.6. The van der Waals surface area contributed by atoms with Crippen LogP contribution < -0.4 is 4.74 Å². The van der Waals surface area contributed by atoms with E-state index in [4.69, 9.17) is 9.47 Å². The van der Waals surface area contributed by atoms with Gasteiger partial charge in [0.25, 0.3) is 0 Å². The number of aldehydes is 1. The van der Waals surface area contributed by atoms with E-state index in [1.54, 1.807) is 0 Å². The van der Waals surface area contributed by atoms with Crippen molar-refractivity contribution in [3.8, 4) is 5.75 Å². The van der Waals surface area contributed by atoms with Gasteiger partial charge in [0.2, 0.25) is 0 Å². The predicted octanol–water partition coefficient (Wildman–Crippen LogP) is 1.91. The topological polar surface area (TPSA) is 69.7 Å². The molecule has 1 aromatic rings. The van der Waals surface area contributed by atoms with E-state index in [0.29, 0.717) is 11.8 Å². The summed E-state index contributed by atoms with van der Waals surface area (Å²) in [5.41, 5.74) is 0.677. The highest BCUT2D eigenvalue weighted by Gasteiger charge is 2.20. The summed E-state index contributed by atoms with van der Waals surface area (Å²) in [7, 11) is 0. The second-order valence-electron chi connectivity index (χ2n) is 3.94. The SMILES string of the molecule is C=C(C)C(=O)OC(C)C(=O)Oc1ccc(C=O)cc1. The Morgan fingerprint density at radius 2 is 1.84 bits per heavy atom. The van der Waals surface area contributed by atoms with E-state index >= 15 is 0 Å². The zero-order valence-electron chi connectivity index (χ0n) is 10.7. The number of rotatable bonds is 5. The minimum atomic E-state index is -1.03. The highest BCUT2D eigenvalue weighted by molar-refractivity contribution is 5.89. The molecule has 0 bridgehead atoms. The summed E-state index contributed by atoms with van der Waals surface area (Å²) in [6, 6.07) is 5.99. The third kappa shape index (κ3) is 4.39. The summed E-state index contributed by atoms with van der Waals surface area (Å²) < 4.78 is 9.82. The first kappa shape index (κ1) is 14.6. The molecular formula is C14H14O5. The van der Waals surface area contributed by atoms with Gasteiger partial charge in [-0.1, -0.05) is 6.58 Å². The molecule has 0 amide bonds. The van der Waals surface area contributed by atoms with Crippen molar-refractivity contribution in [3.63, 3.8) is 0 Å². The minimum absolute atomic E-state index is 0.204. The van der Waals surface area contributed by atoms with Gasteiger partial charge in [0.05, 0.1) is 0 Å². The van der Waals surface area contributed by atoms with Crippen molar-refractivity contribution >= 4 is 18.2 Å². The normalized spacial score (nSPS) is 11.3. The third-order valence-corrected chi connectivity index (χ3v) is 2.20. The fourth-order valence-corrected chi connectivity index (χ4v) is 1.12. The number of benzene rings is 1. The molecule has 0 aliphatic rings. The Balaban J connectivity index is 2.60. The Morgan fingerprint density at radius 1 is 1.26 bits per heavy atom. The Kier molecular flexibility index (Phi) is 5.00. The predicted molar refractivity (Wildman–Crippen MR) is 67.8 cm³/mol. The Hall–Kier alpha value is -2.43. The van der Waals surface area contributed by atoms with Crippen molar-refractivity contribution in [3.05, 3.63) is 42.0 Å². The van der Waals surface area contributed by atoms with Gasteiger partial charge < -0.3 is 9.47 Å². The van der Waals surface area contributed by atoms with Crippen LogP contribution in [0.1, 0.15) is 24.2 Å². The van der Waals surface area contributed by atoms with Gasteiger partial charge in [0, 0.05) is 11.1 Å². The molecule has 1 rings (SSSR count). The van der Waals surface area contributed by atoms with Crippen LogP contribution in [0, 0.1) is 0 Å². The van der Waals surface area contributed by atoms with Crippen molar-refractivity contribution in [1.82, 2.24) is 0 Å². The van der Waals surface area contributed by atoms with Crippen LogP contribution in [0.25, 0.3) is 0 Å². The van der Waals surface area contributed by atoms with Gasteiger partial charge in [0.1, 0.15) is 12.0 Å². The fourth-order valence-electron chi connectivity index (χ4n) is 1.12. The molecule has 1 aromatic carbocycles. The van der Waals surface area contributed by atoms with E-state index in [0.717, 1.165) is 0 Å². The third-order valence-electron chi connectivity index (χ3n) is 2.20. The van der Waals surface area contributed by atoms with Crippen LogP contribution in [0.15, 0.2) is 36.4 Å². The summed E-state index contributed by atoms with van der Waals surface area (Å²) in [5, 5.41) is 0. The summed E-state index contributed by atoms with van der Waals surface area (Å²) in [6.45, 7) is 6.30. The van der Waals surface area contributed by atoms with Gasteiger partial charge in [-0.2, -0.15) is 0 Å². The zero-order chi connectivity index (χ0) is 14.4. The number of esters is 2. The van der Waals surface area contributed by atoms with Crippen LogP contribution in [0.4, 0.5) is 0 Å². The lowest BCUT2D eigenvalue weighted by Crippen LogP contribution is -2.28. The molecule has 0 aliphatic heterocycles. The molecule has 0 saturated carbocycles. The van der Waals surface area contributed by atoms with Crippen LogP contribution in [-0.2, 0) is 14.3 Å². The lowest BCUT2D eigenvalue weighted by atomic mass is 10.2. The van der Waals surface area contributed by atoms with E-state index < -0.39 is 18.0 Å². The van der Waals surface area contributed by atoms with Crippen LogP contribution in [-0.4, -0.2) is 24.3 Å². The van der Waals surface area contributed by atoms with E-state index in [-0.39, 0.29) is 11.3 Å². The monoisotopic (exact) mass is 262 g/mol. The van der Waals surface area contributed by atoms with Gasteiger partial charge in [-0.25, -0.2) is 9.59 Å². The second kappa shape index (κ2) is 6.49. The van der Waals surface area contributed by atoms with Gasteiger partial charge >= 0.3 is 11.9 Å². The van der Waals surface area contributed by atoms with Crippen molar-refractivity contribution in [1.29, 1.82) is 0 Å². The standard InChI is InChI=1S/C14H14O5/c1-9(2)13(16)18-10(3)14(17)19-12-6-4-11(8-15)5-7-12/h4-8,10H,1H2,2-3H3. The number of carbonyl (C=O) groups excluding carboxylic acids is 3. The molecule has 5 heteroatoms. The second-order valence-corrected chi connectivity index (χ2v) is 3.94. The van der Waals surface area contributed by atoms with E-state index in [1.165, 1.54) is 38.1 Å². The molecule has 0 aromatic heterocycles. The maximum Gasteiger partial charge on any atom is 0.352 e. The van der Waals surface area contributed by atoms with Gasteiger partial charge in [-0.15, -0.1) is 0 Å². The Labute approximate surface area is 110 Å². The molecule has 5 nitrogen and oxygen atoms in total. The molecule has 1 atom stereocenters. The van der Waals surface area contributed by atoms with E-state index in [9.17, 15) is 14.4 Å². The highest BCUT2D eigenvalue weighted by atomic mass is 16.6. The first-order valence-electron chi connectivity index (χ1n) is 5.57. The molecule has 0 fully saturated rings.